The number of halogens is 1. The first-order valence-electron chi connectivity index (χ1n) is 6.62. The molecular weight excluding hydrogens is 241 g/mol. The van der Waals surface area contributed by atoms with Gasteiger partial charge in [-0.05, 0) is 37.0 Å². The van der Waals surface area contributed by atoms with Crippen LogP contribution >= 0.6 is 0 Å². The Hall–Kier alpha value is -1.84. The van der Waals surface area contributed by atoms with E-state index in [0.717, 1.165) is 24.5 Å². The average Bonchev–Trinajstić information content (AvgIpc) is 2.81. The molecule has 0 saturated carbocycles. The molecule has 19 heavy (non-hydrogen) atoms. The Bertz CT molecular complexity index is 537. The number of anilines is 1. The van der Waals surface area contributed by atoms with Crippen molar-refractivity contribution in [2.75, 3.05) is 5.32 Å². The number of hydrogen-bond acceptors (Lipinski definition) is 2. The molecule has 0 atom stereocenters. The van der Waals surface area contributed by atoms with E-state index in [-0.39, 0.29) is 5.82 Å². The zero-order chi connectivity index (χ0) is 13.8. The first-order valence-corrected chi connectivity index (χ1v) is 6.62. The molecule has 2 rings (SSSR count). The molecule has 0 fully saturated rings. The Morgan fingerprint density at radius 2 is 1.95 bits per heavy atom. The fraction of sp³-hybridized carbons (Fsp3) is 0.400. The summed E-state index contributed by atoms with van der Waals surface area (Å²) in [6.07, 6.45) is 4.83. The van der Waals surface area contributed by atoms with E-state index in [9.17, 15) is 4.39 Å². The highest BCUT2D eigenvalue weighted by atomic mass is 19.1. The van der Waals surface area contributed by atoms with Crippen LogP contribution < -0.4 is 5.32 Å². The summed E-state index contributed by atoms with van der Waals surface area (Å²) in [5.74, 6) is 0.748. The van der Waals surface area contributed by atoms with Crippen LogP contribution in [0, 0.1) is 19.7 Å². The number of benzene rings is 1. The summed E-state index contributed by atoms with van der Waals surface area (Å²) in [5.41, 5.74) is 2.45. The lowest BCUT2D eigenvalue weighted by Crippen LogP contribution is -2.08. The molecule has 0 spiro atoms. The second-order valence-electron chi connectivity index (χ2n) is 4.84. The molecule has 2 aromatic rings. The van der Waals surface area contributed by atoms with E-state index in [1.165, 1.54) is 0 Å². The van der Waals surface area contributed by atoms with Gasteiger partial charge in [0.2, 0.25) is 5.95 Å². The molecule has 0 aliphatic heterocycles. The maximum atomic E-state index is 13.6. The fourth-order valence-corrected chi connectivity index (χ4v) is 2.22. The Morgan fingerprint density at radius 3 is 2.58 bits per heavy atom. The third-order valence-corrected chi connectivity index (χ3v) is 3.13. The molecule has 1 aromatic heterocycles. The van der Waals surface area contributed by atoms with Crippen molar-refractivity contribution < 1.29 is 4.39 Å². The normalized spacial score (nSPS) is 10.7. The van der Waals surface area contributed by atoms with Crippen LogP contribution in [0.25, 0.3) is 0 Å². The average molecular weight is 261 g/mol. The van der Waals surface area contributed by atoms with Gasteiger partial charge in [0.1, 0.15) is 5.82 Å². The van der Waals surface area contributed by atoms with Crippen molar-refractivity contribution in [2.24, 2.45) is 0 Å². The van der Waals surface area contributed by atoms with E-state index in [2.05, 4.69) is 21.8 Å². The van der Waals surface area contributed by atoms with Crippen molar-refractivity contribution in [3.8, 4) is 0 Å². The number of rotatable bonds is 5. The van der Waals surface area contributed by atoms with Gasteiger partial charge < -0.3 is 9.88 Å². The number of nitrogens with zero attached hydrogens (tertiary/aromatic N) is 2. The monoisotopic (exact) mass is 261 g/mol. The van der Waals surface area contributed by atoms with E-state index in [4.69, 9.17) is 0 Å². The maximum Gasteiger partial charge on any atom is 0.203 e. The van der Waals surface area contributed by atoms with Gasteiger partial charge in [0.25, 0.3) is 0 Å². The molecule has 0 amide bonds. The van der Waals surface area contributed by atoms with Gasteiger partial charge in [0, 0.05) is 25.5 Å². The molecule has 102 valence electrons. The van der Waals surface area contributed by atoms with Crippen LogP contribution in [0.3, 0.4) is 0 Å². The molecular formula is C15H20FN3. The van der Waals surface area contributed by atoms with Crippen molar-refractivity contribution >= 4 is 5.95 Å². The van der Waals surface area contributed by atoms with Crippen LogP contribution in [0.2, 0.25) is 0 Å². The van der Waals surface area contributed by atoms with Crippen molar-refractivity contribution in [2.45, 2.75) is 40.3 Å². The van der Waals surface area contributed by atoms with E-state index in [0.29, 0.717) is 17.7 Å². The molecule has 1 aromatic carbocycles. The quantitative estimate of drug-likeness (QED) is 0.890. The summed E-state index contributed by atoms with van der Waals surface area (Å²) in [6.45, 7) is 7.33. The van der Waals surface area contributed by atoms with Crippen LogP contribution in [-0.4, -0.2) is 9.55 Å². The van der Waals surface area contributed by atoms with Gasteiger partial charge in [-0.1, -0.05) is 19.1 Å². The van der Waals surface area contributed by atoms with E-state index >= 15 is 0 Å². The minimum absolute atomic E-state index is 0.115. The van der Waals surface area contributed by atoms with E-state index in [1.54, 1.807) is 20.0 Å². The van der Waals surface area contributed by atoms with Gasteiger partial charge in [-0.2, -0.15) is 0 Å². The van der Waals surface area contributed by atoms with Gasteiger partial charge in [-0.3, -0.25) is 0 Å². The van der Waals surface area contributed by atoms with Crippen molar-refractivity contribution in [3.05, 3.63) is 47.0 Å². The Kier molecular flexibility index (Phi) is 4.20. The smallest absolute Gasteiger partial charge is 0.203 e. The van der Waals surface area contributed by atoms with Crippen LogP contribution in [0.4, 0.5) is 10.3 Å². The topological polar surface area (TPSA) is 29.9 Å². The summed E-state index contributed by atoms with van der Waals surface area (Å²) in [5, 5.41) is 3.30. The van der Waals surface area contributed by atoms with Gasteiger partial charge >= 0.3 is 0 Å². The molecule has 1 N–H and O–H groups in total. The van der Waals surface area contributed by atoms with Crippen LogP contribution in [0.5, 0.6) is 0 Å². The standard InChI is InChI=1S/C15H20FN3/c1-4-6-19-7-5-17-15(19)18-10-13-8-11(2)14(16)12(3)9-13/h5,7-9H,4,6,10H2,1-3H3,(H,17,18). The maximum absolute atomic E-state index is 13.6. The SMILES string of the molecule is CCCn1ccnc1NCc1cc(C)c(F)c(C)c1. The van der Waals surface area contributed by atoms with Crippen LogP contribution in [-0.2, 0) is 13.1 Å². The highest BCUT2D eigenvalue weighted by Gasteiger charge is 2.06. The molecule has 0 saturated heterocycles. The third kappa shape index (κ3) is 3.13. The lowest BCUT2D eigenvalue weighted by Gasteiger charge is -2.10. The summed E-state index contributed by atoms with van der Waals surface area (Å²) < 4.78 is 15.6. The predicted octanol–water partition coefficient (Wildman–Crippen LogP) is 3.66. The van der Waals surface area contributed by atoms with E-state index < -0.39 is 0 Å². The van der Waals surface area contributed by atoms with Gasteiger partial charge in [0.15, 0.2) is 0 Å². The summed E-state index contributed by atoms with van der Waals surface area (Å²) in [7, 11) is 0. The highest BCUT2D eigenvalue weighted by molar-refractivity contribution is 5.34. The molecule has 0 unspecified atom stereocenters. The highest BCUT2D eigenvalue weighted by Crippen LogP contribution is 2.16. The predicted molar refractivity (Wildman–Crippen MR) is 75.7 cm³/mol. The van der Waals surface area contributed by atoms with E-state index in [1.807, 2.05) is 18.3 Å². The number of nitrogens with one attached hydrogen (secondary N) is 1. The number of imidazole rings is 1. The molecule has 0 aliphatic carbocycles. The van der Waals surface area contributed by atoms with Crippen LogP contribution in [0.15, 0.2) is 24.5 Å². The first-order chi connectivity index (χ1) is 9.11. The first kappa shape index (κ1) is 13.6. The second kappa shape index (κ2) is 5.87. The summed E-state index contributed by atoms with van der Waals surface area (Å²) in [4.78, 5) is 4.29. The molecule has 0 aliphatic rings. The van der Waals surface area contributed by atoms with Crippen molar-refractivity contribution in [3.63, 3.8) is 0 Å². The number of hydrogen-bond donors (Lipinski definition) is 1. The number of aryl methyl sites for hydroxylation is 3. The minimum atomic E-state index is -0.115. The fourth-order valence-electron chi connectivity index (χ4n) is 2.22. The zero-order valence-corrected chi connectivity index (χ0v) is 11.7. The lowest BCUT2D eigenvalue weighted by atomic mass is 10.1. The molecule has 0 bridgehead atoms. The Morgan fingerprint density at radius 1 is 1.26 bits per heavy atom. The van der Waals surface area contributed by atoms with Crippen molar-refractivity contribution in [1.29, 1.82) is 0 Å². The molecule has 4 heteroatoms. The van der Waals surface area contributed by atoms with Gasteiger partial charge in [-0.25, -0.2) is 9.37 Å². The largest absolute Gasteiger partial charge is 0.352 e. The molecule has 0 radical (unpaired) electrons. The lowest BCUT2D eigenvalue weighted by molar-refractivity contribution is 0.608. The molecule has 1 heterocycles. The summed E-state index contributed by atoms with van der Waals surface area (Å²) in [6, 6.07) is 3.75. The molecule has 3 nitrogen and oxygen atoms in total. The zero-order valence-electron chi connectivity index (χ0n) is 11.7. The second-order valence-corrected chi connectivity index (χ2v) is 4.84. The van der Waals surface area contributed by atoms with Gasteiger partial charge in [0.05, 0.1) is 0 Å². The minimum Gasteiger partial charge on any atom is -0.352 e. The summed E-state index contributed by atoms with van der Waals surface area (Å²) >= 11 is 0. The Labute approximate surface area is 113 Å². The number of aromatic nitrogens is 2. The van der Waals surface area contributed by atoms with Gasteiger partial charge in [-0.15, -0.1) is 0 Å². The third-order valence-electron chi connectivity index (χ3n) is 3.13. The van der Waals surface area contributed by atoms with Crippen LogP contribution in [0.1, 0.15) is 30.0 Å². The Balaban J connectivity index is 2.08. The van der Waals surface area contributed by atoms with Crippen molar-refractivity contribution in [1.82, 2.24) is 9.55 Å².